The van der Waals surface area contributed by atoms with Crippen LogP contribution in [0.15, 0.2) is 42.7 Å². The zero-order valence-corrected chi connectivity index (χ0v) is 14.6. The van der Waals surface area contributed by atoms with Crippen molar-refractivity contribution in [1.29, 1.82) is 0 Å². The van der Waals surface area contributed by atoms with Gasteiger partial charge in [-0.05, 0) is 49.4 Å². The topological polar surface area (TPSA) is 25.8 Å². The first-order chi connectivity index (χ1) is 10.8. The second kappa shape index (κ2) is 5.77. The molecule has 2 heteroatoms. The summed E-state index contributed by atoms with van der Waals surface area (Å²) in [5, 5.41) is 1.12. The maximum atomic E-state index is 4.55. The van der Waals surface area contributed by atoms with E-state index in [1.54, 1.807) is 6.33 Å². The lowest BCUT2D eigenvalue weighted by Crippen LogP contribution is -2.09. The van der Waals surface area contributed by atoms with Crippen molar-refractivity contribution >= 4 is 10.9 Å². The van der Waals surface area contributed by atoms with Gasteiger partial charge < -0.3 is 0 Å². The summed E-state index contributed by atoms with van der Waals surface area (Å²) in [4.78, 5) is 9.04. The van der Waals surface area contributed by atoms with E-state index in [4.69, 9.17) is 0 Å². The van der Waals surface area contributed by atoms with Crippen molar-refractivity contribution in [1.82, 2.24) is 9.97 Å². The van der Waals surface area contributed by atoms with Crippen LogP contribution in [0.2, 0.25) is 0 Å². The molecule has 0 unspecified atom stereocenters. The highest BCUT2D eigenvalue weighted by molar-refractivity contribution is 5.92. The lowest BCUT2D eigenvalue weighted by Gasteiger charge is -2.18. The van der Waals surface area contributed by atoms with Crippen LogP contribution in [0, 0.1) is 19.3 Å². The quantitative estimate of drug-likeness (QED) is 0.624. The van der Waals surface area contributed by atoms with E-state index < -0.39 is 0 Å². The van der Waals surface area contributed by atoms with E-state index in [0.29, 0.717) is 0 Å². The molecule has 3 aromatic rings. The predicted molar refractivity (Wildman–Crippen MR) is 97.6 cm³/mol. The van der Waals surface area contributed by atoms with Gasteiger partial charge in [-0.15, -0.1) is 0 Å². The maximum absolute atomic E-state index is 4.55. The Labute approximate surface area is 138 Å². The van der Waals surface area contributed by atoms with Crippen molar-refractivity contribution in [2.45, 2.75) is 41.0 Å². The number of hydrogen-bond acceptors (Lipinski definition) is 2. The van der Waals surface area contributed by atoms with E-state index in [2.05, 4.69) is 81.0 Å². The van der Waals surface area contributed by atoms with Gasteiger partial charge in [0, 0.05) is 10.9 Å². The fourth-order valence-electron chi connectivity index (χ4n) is 3.17. The van der Waals surface area contributed by atoms with Crippen LogP contribution < -0.4 is 0 Å². The van der Waals surface area contributed by atoms with Crippen molar-refractivity contribution in [3.63, 3.8) is 0 Å². The minimum Gasteiger partial charge on any atom is -0.236 e. The Morgan fingerprint density at radius 2 is 1.57 bits per heavy atom. The van der Waals surface area contributed by atoms with Crippen LogP contribution in [0.3, 0.4) is 0 Å². The van der Waals surface area contributed by atoms with E-state index in [1.165, 1.54) is 22.3 Å². The molecule has 0 aliphatic rings. The molecule has 2 nitrogen and oxygen atoms in total. The van der Waals surface area contributed by atoms with Crippen molar-refractivity contribution in [3.05, 3.63) is 59.4 Å². The van der Waals surface area contributed by atoms with Crippen molar-refractivity contribution in [3.8, 4) is 11.3 Å². The summed E-state index contributed by atoms with van der Waals surface area (Å²) < 4.78 is 0. The summed E-state index contributed by atoms with van der Waals surface area (Å²) in [5.74, 6) is 0. The number of fused-ring (bicyclic) bond motifs is 1. The third-order valence-corrected chi connectivity index (χ3v) is 3.93. The SMILES string of the molecule is Cc1cc(C)cc(-c2ncnc3cc(CC(C)(C)C)ccc23)c1. The zero-order chi connectivity index (χ0) is 16.6. The third-order valence-electron chi connectivity index (χ3n) is 3.93. The molecule has 0 spiro atoms. The number of hydrogen-bond donors (Lipinski definition) is 0. The number of benzene rings is 2. The van der Waals surface area contributed by atoms with Crippen LogP contribution in [0.5, 0.6) is 0 Å². The van der Waals surface area contributed by atoms with E-state index in [0.717, 1.165) is 23.0 Å². The minimum atomic E-state index is 0.275. The highest BCUT2D eigenvalue weighted by Gasteiger charge is 2.13. The van der Waals surface area contributed by atoms with Crippen LogP contribution in [0.25, 0.3) is 22.2 Å². The van der Waals surface area contributed by atoms with E-state index in [-0.39, 0.29) is 5.41 Å². The molecule has 0 saturated heterocycles. The molecule has 23 heavy (non-hydrogen) atoms. The van der Waals surface area contributed by atoms with Gasteiger partial charge in [0.15, 0.2) is 0 Å². The summed E-state index contributed by atoms with van der Waals surface area (Å²) in [7, 11) is 0. The number of aryl methyl sites for hydroxylation is 2. The van der Waals surface area contributed by atoms with Gasteiger partial charge in [-0.25, -0.2) is 9.97 Å². The van der Waals surface area contributed by atoms with Gasteiger partial charge in [-0.1, -0.05) is 50.1 Å². The van der Waals surface area contributed by atoms with Crippen LogP contribution in [0.1, 0.15) is 37.5 Å². The zero-order valence-electron chi connectivity index (χ0n) is 14.6. The Morgan fingerprint density at radius 3 is 2.22 bits per heavy atom. The van der Waals surface area contributed by atoms with E-state index >= 15 is 0 Å². The van der Waals surface area contributed by atoms with Crippen molar-refractivity contribution < 1.29 is 0 Å². The summed E-state index contributed by atoms with van der Waals surface area (Å²) in [6, 6.07) is 13.2. The molecule has 0 bridgehead atoms. The molecule has 0 amide bonds. The van der Waals surface area contributed by atoms with Crippen LogP contribution >= 0.6 is 0 Å². The highest BCUT2D eigenvalue weighted by Crippen LogP contribution is 2.29. The smallest absolute Gasteiger partial charge is 0.116 e. The first-order valence-electron chi connectivity index (χ1n) is 8.14. The third kappa shape index (κ3) is 3.58. The largest absolute Gasteiger partial charge is 0.236 e. The van der Waals surface area contributed by atoms with Gasteiger partial charge in [-0.2, -0.15) is 0 Å². The molecule has 1 aromatic heterocycles. The normalized spacial score (nSPS) is 11.9. The van der Waals surface area contributed by atoms with Crippen molar-refractivity contribution in [2.75, 3.05) is 0 Å². The molecule has 0 fully saturated rings. The Morgan fingerprint density at radius 1 is 0.870 bits per heavy atom. The lowest BCUT2D eigenvalue weighted by atomic mass is 9.87. The fraction of sp³-hybridized carbons (Fsp3) is 0.333. The average molecular weight is 304 g/mol. The number of rotatable bonds is 2. The molecular formula is C21H24N2. The molecule has 0 aliphatic heterocycles. The molecule has 1 heterocycles. The Bertz CT molecular complexity index is 837. The summed E-state index contributed by atoms with van der Waals surface area (Å²) in [6.45, 7) is 11.0. The van der Waals surface area contributed by atoms with Crippen LogP contribution in [0.4, 0.5) is 0 Å². The van der Waals surface area contributed by atoms with Gasteiger partial charge in [0.05, 0.1) is 11.2 Å². The standard InChI is InChI=1S/C21H24N2/c1-14-8-15(2)10-17(9-14)20-18-7-6-16(12-21(3,4)5)11-19(18)22-13-23-20/h6-11,13H,12H2,1-5H3. The number of aromatic nitrogens is 2. The predicted octanol–water partition coefficient (Wildman–Crippen LogP) is 5.50. The Balaban J connectivity index is 2.12. The van der Waals surface area contributed by atoms with Crippen molar-refractivity contribution in [2.24, 2.45) is 5.41 Å². The van der Waals surface area contributed by atoms with Gasteiger partial charge in [0.25, 0.3) is 0 Å². The van der Waals surface area contributed by atoms with Gasteiger partial charge in [-0.3, -0.25) is 0 Å². The summed E-state index contributed by atoms with van der Waals surface area (Å²) in [5.41, 5.74) is 7.33. The fourth-order valence-corrected chi connectivity index (χ4v) is 3.17. The van der Waals surface area contributed by atoms with Gasteiger partial charge in [0.1, 0.15) is 6.33 Å². The van der Waals surface area contributed by atoms with Gasteiger partial charge in [0.2, 0.25) is 0 Å². The highest BCUT2D eigenvalue weighted by atomic mass is 14.8. The van der Waals surface area contributed by atoms with Crippen LogP contribution in [-0.2, 0) is 6.42 Å². The van der Waals surface area contributed by atoms with Crippen LogP contribution in [-0.4, -0.2) is 9.97 Å². The maximum Gasteiger partial charge on any atom is 0.116 e. The first-order valence-corrected chi connectivity index (χ1v) is 8.14. The van der Waals surface area contributed by atoms with E-state index in [1.807, 2.05) is 0 Å². The average Bonchev–Trinajstić information content (AvgIpc) is 2.43. The molecule has 118 valence electrons. The second-order valence-electron chi connectivity index (χ2n) is 7.69. The molecule has 0 aliphatic carbocycles. The molecule has 2 aromatic carbocycles. The lowest BCUT2D eigenvalue weighted by molar-refractivity contribution is 0.411. The number of nitrogens with zero attached hydrogens (tertiary/aromatic N) is 2. The monoisotopic (exact) mass is 304 g/mol. The summed E-state index contributed by atoms with van der Waals surface area (Å²) >= 11 is 0. The van der Waals surface area contributed by atoms with E-state index in [9.17, 15) is 0 Å². The minimum absolute atomic E-state index is 0.275. The summed E-state index contributed by atoms with van der Waals surface area (Å²) in [6.07, 6.45) is 2.72. The van der Waals surface area contributed by atoms with Gasteiger partial charge >= 0.3 is 0 Å². The Kier molecular flexibility index (Phi) is 3.93. The first kappa shape index (κ1) is 15.7. The molecule has 0 atom stereocenters. The molecule has 3 rings (SSSR count). The molecule has 0 N–H and O–H groups in total. The Hall–Kier alpha value is -2.22. The second-order valence-corrected chi connectivity index (χ2v) is 7.69. The molecule has 0 saturated carbocycles. The molecule has 0 radical (unpaired) electrons. The molecular weight excluding hydrogens is 280 g/mol.